The second-order valence-corrected chi connectivity index (χ2v) is 7.16. The van der Waals surface area contributed by atoms with Crippen LogP contribution in [0.4, 0.5) is 11.4 Å². The van der Waals surface area contributed by atoms with Crippen LogP contribution in [0.1, 0.15) is 16.6 Å². The maximum atomic E-state index is 12.3. The van der Waals surface area contributed by atoms with Gasteiger partial charge in [0.15, 0.2) is 6.61 Å². The lowest BCUT2D eigenvalue weighted by molar-refractivity contribution is -0.384. The number of amides is 1. The van der Waals surface area contributed by atoms with Crippen molar-refractivity contribution in [3.8, 4) is 5.75 Å². The number of carbonyl (C=O) groups excluding carboxylic acids is 2. The molecule has 0 aliphatic heterocycles. The molecule has 3 rings (SSSR count). The minimum Gasteiger partial charge on any atom is -0.494 e. The molecule has 0 atom stereocenters. The molecule has 1 aromatic heterocycles. The lowest BCUT2D eigenvalue weighted by Gasteiger charge is -2.08. The number of hydrogen-bond acceptors (Lipinski definition) is 7. The van der Waals surface area contributed by atoms with Gasteiger partial charge < -0.3 is 14.8 Å². The van der Waals surface area contributed by atoms with Crippen LogP contribution < -0.4 is 10.1 Å². The van der Waals surface area contributed by atoms with Crippen molar-refractivity contribution in [2.45, 2.75) is 6.92 Å². The largest absolute Gasteiger partial charge is 0.494 e. The highest BCUT2D eigenvalue weighted by atomic mass is 35.5. The Morgan fingerprint density at radius 1 is 1.24 bits per heavy atom. The summed E-state index contributed by atoms with van der Waals surface area (Å²) in [6.07, 6.45) is 0. The lowest BCUT2D eigenvalue weighted by Crippen LogP contribution is -2.21. The van der Waals surface area contributed by atoms with Gasteiger partial charge in [-0.05, 0) is 25.1 Å². The van der Waals surface area contributed by atoms with Crippen molar-refractivity contribution >= 4 is 56.3 Å². The minimum atomic E-state index is -0.743. The maximum absolute atomic E-state index is 12.3. The third-order valence-corrected chi connectivity index (χ3v) is 5.46. The van der Waals surface area contributed by atoms with Crippen molar-refractivity contribution in [2.24, 2.45) is 0 Å². The Bertz CT molecular complexity index is 1100. The minimum absolute atomic E-state index is 0.0283. The van der Waals surface area contributed by atoms with Crippen LogP contribution in [0.3, 0.4) is 0 Å². The first-order valence-corrected chi connectivity index (χ1v) is 9.65. The molecular weight excluding hydrogens is 420 g/mol. The summed E-state index contributed by atoms with van der Waals surface area (Å²) < 4.78 is 11.1. The van der Waals surface area contributed by atoms with E-state index in [0.717, 1.165) is 21.4 Å². The quantitative estimate of drug-likeness (QED) is 0.329. The number of carbonyl (C=O) groups is 2. The molecule has 1 amide bonds. The molecule has 2 aromatic carbocycles. The predicted molar refractivity (Wildman–Crippen MR) is 110 cm³/mol. The summed E-state index contributed by atoms with van der Waals surface area (Å²) in [5.41, 5.74) is -0.359. The first-order chi connectivity index (χ1) is 13.9. The summed E-state index contributed by atoms with van der Waals surface area (Å²) in [7, 11) is 0. The van der Waals surface area contributed by atoms with Gasteiger partial charge in [-0.1, -0.05) is 29.8 Å². The monoisotopic (exact) mass is 434 g/mol. The first kappa shape index (κ1) is 20.6. The smallest absolute Gasteiger partial charge is 0.350 e. The van der Waals surface area contributed by atoms with E-state index in [-0.39, 0.29) is 21.3 Å². The van der Waals surface area contributed by atoms with Crippen molar-refractivity contribution in [3.63, 3.8) is 0 Å². The molecular formula is C19H15ClN2O6S. The molecule has 29 heavy (non-hydrogen) atoms. The van der Waals surface area contributed by atoms with Crippen LogP contribution in [0, 0.1) is 10.1 Å². The highest BCUT2D eigenvalue weighted by Gasteiger charge is 2.21. The molecule has 0 saturated carbocycles. The molecule has 0 bridgehead atoms. The molecule has 8 nitrogen and oxygen atoms in total. The van der Waals surface area contributed by atoms with E-state index < -0.39 is 23.4 Å². The Kier molecular flexibility index (Phi) is 6.30. The van der Waals surface area contributed by atoms with E-state index in [1.165, 1.54) is 18.2 Å². The molecule has 3 aromatic rings. The van der Waals surface area contributed by atoms with E-state index in [4.69, 9.17) is 21.1 Å². The average Bonchev–Trinajstić information content (AvgIpc) is 3.04. The summed E-state index contributed by atoms with van der Waals surface area (Å²) in [6.45, 7) is 1.48. The standard InChI is InChI=1S/C19H15ClN2O6S/c1-2-27-11-7-8-13(14(9-11)22(25)26)21-16(23)10-28-19(24)18-17(20)12-5-3-4-6-15(12)29-18/h3-9H,2,10H2,1H3,(H,21,23). The summed E-state index contributed by atoms with van der Waals surface area (Å²) in [6, 6.07) is 11.3. The van der Waals surface area contributed by atoms with Crippen LogP contribution in [-0.4, -0.2) is 30.0 Å². The number of nitro groups is 1. The fraction of sp³-hybridized carbons (Fsp3) is 0.158. The van der Waals surface area contributed by atoms with E-state index in [1.54, 1.807) is 19.1 Å². The molecule has 0 aliphatic carbocycles. The fourth-order valence-corrected chi connectivity index (χ4v) is 3.96. The van der Waals surface area contributed by atoms with Gasteiger partial charge in [-0.3, -0.25) is 14.9 Å². The summed E-state index contributed by atoms with van der Waals surface area (Å²) >= 11 is 7.37. The Hall–Kier alpha value is -3.17. The second-order valence-electron chi connectivity index (χ2n) is 5.73. The molecule has 0 spiro atoms. The predicted octanol–water partition coefficient (Wildman–Crippen LogP) is 4.66. The average molecular weight is 435 g/mol. The Balaban J connectivity index is 1.67. The Labute approximate surface area is 174 Å². The molecule has 0 fully saturated rings. The molecule has 150 valence electrons. The van der Waals surface area contributed by atoms with Gasteiger partial charge in [0.05, 0.1) is 22.6 Å². The molecule has 0 saturated heterocycles. The molecule has 0 aliphatic rings. The molecule has 1 heterocycles. The molecule has 10 heteroatoms. The van der Waals surface area contributed by atoms with E-state index in [1.807, 2.05) is 12.1 Å². The number of fused-ring (bicyclic) bond motifs is 1. The Morgan fingerprint density at radius 3 is 2.69 bits per heavy atom. The molecule has 0 unspecified atom stereocenters. The topological polar surface area (TPSA) is 108 Å². The number of esters is 1. The van der Waals surface area contributed by atoms with Crippen LogP contribution in [0.25, 0.3) is 10.1 Å². The third-order valence-electron chi connectivity index (χ3n) is 3.81. The van der Waals surface area contributed by atoms with Crippen molar-refractivity contribution in [1.29, 1.82) is 0 Å². The zero-order valence-corrected chi connectivity index (χ0v) is 16.7. The molecule has 0 radical (unpaired) electrons. The van der Waals surface area contributed by atoms with Crippen molar-refractivity contribution in [2.75, 3.05) is 18.5 Å². The number of nitrogens with one attached hydrogen (secondary N) is 1. The summed E-state index contributed by atoms with van der Waals surface area (Å²) in [5, 5.41) is 14.6. The SMILES string of the molecule is CCOc1ccc(NC(=O)COC(=O)c2sc3ccccc3c2Cl)c([N+](=O)[O-])c1. The third kappa shape index (κ3) is 4.64. The number of thiophene rings is 1. The van der Waals surface area contributed by atoms with Crippen LogP contribution in [-0.2, 0) is 9.53 Å². The van der Waals surface area contributed by atoms with Crippen molar-refractivity contribution in [3.05, 3.63) is 62.5 Å². The normalized spacial score (nSPS) is 10.6. The van der Waals surface area contributed by atoms with E-state index in [9.17, 15) is 19.7 Å². The van der Waals surface area contributed by atoms with Crippen molar-refractivity contribution < 1.29 is 24.0 Å². The van der Waals surface area contributed by atoms with Crippen LogP contribution in [0.2, 0.25) is 5.02 Å². The Morgan fingerprint density at radius 2 is 2.00 bits per heavy atom. The number of nitrogens with zero attached hydrogens (tertiary/aromatic N) is 1. The zero-order valence-electron chi connectivity index (χ0n) is 15.1. The second kappa shape index (κ2) is 8.89. The van der Waals surface area contributed by atoms with Gasteiger partial charge in [-0.25, -0.2) is 4.79 Å². The van der Waals surface area contributed by atoms with Gasteiger partial charge in [0.25, 0.3) is 11.6 Å². The van der Waals surface area contributed by atoms with Gasteiger partial charge in [0, 0.05) is 10.1 Å². The number of ether oxygens (including phenoxy) is 2. The highest BCUT2D eigenvalue weighted by molar-refractivity contribution is 7.21. The van der Waals surface area contributed by atoms with E-state index >= 15 is 0 Å². The molecule has 1 N–H and O–H groups in total. The summed E-state index contributed by atoms with van der Waals surface area (Å²) in [5.74, 6) is -1.15. The van der Waals surface area contributed by atoms with Crippen LogP contribution in [0.5, 0.6) is 5.75 Å². The number of nitro benzene ring substituents is 1. The summed E-state index contributed by atoms with van der Waals surface area (Å²) in [4.78, 5) is 35.2. The van der Waals surface area contributed by atoms with Gasteiger partial charge in [-0.2, -0.15) is 0 Å². The highest BCUT2D eigenvalue weighted by Crippen LogP contribution is 2.35. The van der Waals surface area contributed by atoms with Crippen LogP contribution in [0.15, 0.2) is 42.5 Å². The number of benzene rings is 2. The van der Waals surface area contributed by atoms with Gasteiger partial charge in [-0.15, -0.1) is 11.3 Å². The van der Waals surface area contributed by atoms with Crippen molar-refractivity contribution in [1.82, 2.24) is 0 Å². The maximum Gasteiger partial charge on any atom is 0.350 e. The first-order valence-electron chi connectivity index (χ1n) is 8.46. The lowest BCUT2D eigenvalue weighted by atomic mass is 10.2. The van der Waals surface area contributed by atoms with E-state index in [0.29, 0.717) is 12.4 Å². The number of rotatable bonds is 7. The number of halogens is 1. The number of anilines is 1. The fourth-order valence-electron chi connectivity index (χ4n) is 2.55. The van der Waals surface area contributed by atoms with Gasteiger partial charge in [0.2, 0.25) is 0 Å². The number of hydrogen-bond donors (Lipinski definition) is 1. The van der Waals surface area contributed by atoms with Gasteiger partial charge >= 0.3 is 5.97 Å². The van der Waals surface area contributed by atoms with Crippen LogP contribution >= 0.6 is 22.9 Å². The zero-order chi connectivity index (χ0) is 21.0. The van der Waals surface area contributed by atoms with E-state index in [2.05, 4.69) is 5.32 Å². The van der Waals surface area contributed by atoms with Gasteiger partial charge in [0.1, 0.15) is 16.3 Å².